The number of aromatic nitrogens is 2. The highest BCUT2D eigenvalue weighted by atomic mass is 35.5. The van der Waals surface area contributed by atoms with Gasteiger partial charge in [-0.15, -0.1) is 11.6 Å². The van der Waals surface area contributed by atoms with Crippen LogP contribution in [0.3, 0.4) is 0 Å². The summed E-state index contributed by atoms with van der Waals surface area (Å²) >= 11 is 4.64. The predicted octanol–water partition coefficient (Wildman–Crippen LogP) is 2.89. The van der Waals surface area contributed by atoms with Gasteiger partial charge in [-0.2, -0.15) is 4.98 Å². The second kappa shape index (κ2) is 8.27. The third-order valence-corrected chi connectivity index (χ3v) is 2.88. The van der Waals surface area contributed by atoms with E-state index < -0.39 is 0 Å². The van der Waals surface area contributed by atoms with Crippen LogP contribution in [0.2, 0.25) is 0 Å². The maximum atomic E-state index is 11.4. The molecular formula is C14H23ClN2O3. The van der Waals surface area contributed by atoms with Crippen LogP contribution < -0.4 is 10.3 Å². The lowest BCUT2D eigenvalue weighted by Gasteiger charge is -2.15. The van der Waals surface area contributed by atoms with Crippen LogP contribution in [0.15, 0.2) is 11.0 Å². The van der Waals surface area contributed by atoms with Gasteiger partial charge in [0.15, 0.2) is 0 Å². The lowest BCUT2D eigenvalue weighted by atomic mass is 10.2. The Bertz CT molecular complexity index is 476. The molecule has 0 saturated carbocycles. The number of hydrogen-bond donors (Lipinski definition) is 0. The van der Waals surface area contributed by atoms with Crippen LogP contribution in [0.4, 0.5) is 0 Å². The Hall–Kier alpha value is -1.07. The fourth-order valence-corrected chi connectivity index (χ4v) is 2.05. The summed E-state index contributed by atoms with van der Waals surface area (Å²) in [5.74, 6) is 0. The highest BCUT2D eigenvalue weighted by molar-refractivity contribution is 6.15. The summed E-state index contributed by atoms with van der Waals surface area (Å²) in [6, 6.07) is 0.387. The van der Waals surface area contributed by atoms with Crippen LogP contribution in [0.5, 0.6) is 6.01 Å². The van der Waals surface area contributed by atoms with Gasteiger partial charge in [-0.3, -0.25) is 9.36 Å². The summed E-state index contributed by atoms with van der Waals surface area (Å²) in [5.41, 5.74) is 0.398. The van der Waals surface area contributed by atoms with E-state index in [1.54, 1.807) is 13.1 Å². The molecule has 0 N–H and O–H groups in total. The second-order valence-electron chi connectivity index (χ2n) is 4.73. The standard InChI is InChI=1S/C10H12N2O3.C3H8.CH3Cl/c1-6-4-12-8-3-2-7(15-8)5-14-10(12)11-9(6)13;1-3-2;1-2/h4,7-8H,2-3,5H2,1H3;3H2,1-2H3;1H3. The molecule has 2 aliphatic rings. The Kier molecular flexibility index (Phi) is 7.02. The van der Waals surface area contributed by atoms with E-state index in [0.717, 1.165) is 12.8 Å². The molecule has 1 aromatic heterocycles. The third kappa shape index (κ3) is 3.96. The quantitative estimate of drug-likeness (QED) is 0.692. The number of nitrogens with zero attached hydrogens (tertiary/aromatic N) is 2. The average molecular weight is 303 g/mol. The Morgan fingerprint density at radius 1 is 1.40 bits per heavy atom. The molecule has 0 aromatic carbocycles. The highest BCUT2D eigenvalue weighted by Crippen LogP contribution is 2.33. The van der Waals surface area contributed by atoms with Crippen molar-refractivity contribution in [3.8, 4) is 6.01 Å². The number of aryl methyl sites for hydroxylation is 1. The average Bonchev–Trinajstić information content (AvgIpc) is 2.84. The van der Waals surface area contributed by atoms with Crippen molar-refractivity contribution in [3.63, 3.8) is 0 Å². The van der Waals surface area contributed by atoms with Gasteiger partial charge < -0.3 is 9.47 Å². The molecule has 3 heterocycles. The van der Waals surface area contributed by atoms with Gasteiger partial charge >= 0.3 is 6.01 Å². The predicted molar refractivity (Wildman–Crippen MR) is 79.6 cm³/mol. The molecule has 0 spiro atoms. The van der Waals surface area contributed by atoms with Gasteiger partial charge in [0, 0.05) is 18.1 Å². The maximum absolute atomic E-state index is 11.4. The summed E-state index contributed by atoms with van der Waals surface area (Å²) in [4.78, 5) is 15.3. The SMILES string of the molecule is CCC.CCl.Cc1cn2c(nc1=O)OCC1CCC2O1. The first-order chi connectivity index (χ1) is 9.65. The summed E-state index contributed by atoms with van der Waals surface area (Å²) in [6.45, 7) is 6.49. The minimum atomic E-state index is -0.223. The number of fused-ring (bicyclic) bond motifs is 4. The molecule has 0 radical (unpaired) electrons. The van der Waals surface area contributed by atoms with Crippen molar-refractivity contribution < 1.29 is 9.47 Å². The molecule has 2 aliphatic heterocycles. The Labute approximate surface area is 124 Å². The largest absolute Gasteiger partial charge is 0.462 e. The number of rotatable bonds is 0. The van der Waals surface area contributed by atoms with E-state index in [0.29, 0.717) is 18.2 Å². The molecule has 0 amide bonds. The zero-order valence-electron chi connectivity index (χ0n) is 12.6. The van der Waals surface area contributed by atoms with Crippen LogP contribution in [0.1, 0.15) is 44.9 Å². The zero-order valence-corrected chi connectivity index (χ0v) is 13.3. The van der Waals surface area contributed by atoms with Crippen molar-refractivity contribution >= 4 is 11.6 Å². The van der Waals surface area contributed by atoms with Crippen molar-refractivity contribution in [2.75, 3.05) is 13.0 Å². The molecule has 2 atom stereocenters. The van der Waals surface area contributed by atoms with Gasteiger partial charge in [0.1, 0.15) is 12.8 Å². The van der Waals surface area contributed by atoms with Crippen LogP contribution in [-0.2, 0) is 4.74 Å². The minimum Gasteiger partial charge on any atom is -0.462 e. The Morgan fingerprint density at radius 3 is 2.70 bits per heavy atom. The first-order valence-corrected chi connectivity index (χ1v) is 7.67. The summed E-state index contributed by atoms with van der Waals surface area (Å²) < 4.78 is 13.0. The monoisotopic (exact) mass is 302 g/mol. The zero-order chi connectivity index (χ0) is 15.1. The molecule has 5 nitrogen and oxygen atoms in total. The van der Waals surface area contributed by atoms with Crippen LogP contribution in [0, 0.1) is 6.92 Å². The van der Waals surface area contributed by atoms with Gasteiger partial charge in [-0.25, -0.2) is 0 Å². The molecule has 1 saturated heterocycles. The molecule has 2 unspecified atom stereocenters. The van der Waals surface area contributed by atoms with Gasteiger partial charge in [0.25, 0.3) is 5.56 Å². The molecule has 6 heteroatoms. The number of halogens is 1. The van der Waals surface area contributed by atoms with Gasteiger partial charge in [-0.05, 0) is 19.8 Å². The molecule has 20 heavy (non-hydrogen) atoms. The molecule has 2 bridgehead atoms. The lowest BCUT2D eigenvalue weighted by Crippen LogP contribution is -2.20. The third-order valence-electron chi connectivity index (χ3n) is 2.88. The fourth-order valence-electron chi connectivity index (χ4n) is 2.05. The minimum absolute atomic E-state index is 0.0145. The molecule has 0 aliphatic carbocycles. The lowest BCUT2D eigenvalue weighted by molar-refractivity contribution is 0.00444. The molecule has 1 fully saturated rings. The fraction of sp³-hybridized carbons (Fsp3) is 0.714. The Balaban J connectivity index is 0.000000357. The summed E-state index contributed by atoms with van der Waals surface area (Å²) in [6.07, 6.45) is 6.59. The van der Waals surface area contributed by atoms with E-state index in [9.17, 15) is 4.79 Å². The highest BCUT2D eigenvalue weighted by Gasteiger charge is 2.32. The maximum Gasteiger partial charge on any atom is 0.301 e. The molecule has 3 rings (SSSR count). The first kappa shape index (κ1) is 17.0. The smallest absolute Gasteiger partial charge is 0.301 e. The normalized spacial score (nSPS) is 22.2. The van der Waals surface area contributed by atoms with E-state index in [2.05, 4.69) is 30.4 Å². The van der Waals surface area contributed by atoms with E-state index >= 15 is 0 Å². The Morgan fingerprint density at radius 2 is 2.05 bits per heavy atom. The molecule has 1 aromatic rings. The van der Waals surface area contributed by atoms with Crippen molar-refractivity contribution in [3.05, 3.63) is 22.1 Å². The van der Waals surface area contributed by atoms with Crippen LogP contribution in [0.25, 0.3) is 0 Å². The van der Waals surface area contributed by atoms with E-state index in [4.69, 9.17) is 9.47 Å². The van der Waals surface area contributed by atoms with Gasteiger partial charge in [0.05, 0.1) is 6.10 Å². The van der Waals surface area contributed by atoms with Crippen LogP contribution >= 0.6 is 11.6 Å². The molecule has 114 valence electrons. The van der Waals surface area contributed by atoms with E-state index in [1.807, 2.05) is 4.57 Å². The summed E-state index contributed by atoms with van der Waals surface area (Å²) in [5, 5.41) is 0. The van der Waals surface area contributed by atoms with E-state index in [-0.39, 0.29) is 17.9 Å². The summed E-state index contributed by atoms with van der Waals surface area (Å²) in [7, 11) is 0. The topological polar surface area (TPSA) is 53.4 Å². The van der Waals surface area contributed by atoms with Gasteiger partial charge in [0.2, 0.25) is 0 Å². The second-order valence-corrected chi connectivity index (χ2v) is 4.73. The molecular weight excluding hydrogens is 280 g/mol. The van der Waals surface area contributed by atoms with Crippen molar-refractivity contribution in [2.45, 2.75) is 52.4 Å². The van der Waals surface area contributed by atoms with Crippen molar-refractivity contribution in [2.24, 2.45) is 0 Å². The number of hydrogen-bond acceptors (Lipinski definition) is 4. The van der Waals surface area contributed by atoms with Gasteiger partial charge in [-0.1, -0.05) is 20.3 Å². The van der Waals surface area contributed by atoms with Crippen molar-refractivity contribution in [1.82, 2.24) is 9.55 Å². The van der Waals surface area contributed by atoms with Crippen LogP contribution in [-0.4, -0.2) is 28.6 Å². The van der Waals surface area contributed by atoms with Crippen molar-refractivity contribution in [1.29, 1.82) is 0 Å². The first-order valence-electron chi connectivity index (χ1n) is 6.91. The number of alkyl halides is 1. The number of ether oxygens (including phenoxy) is 2. The van der Waals surface area contributed by atoms with E-state index in [1.165, 1.54) is 12.8 Å².